The highest BCUT2D eigenvalue weighted by Gasteiger charge is 2.24. The molecule has 0 bridgehead atoms. The van der Waals surface area contributed by atoms with Crippen molar-refractivity contribution in [2.24, 2.45) is 0 Å². The topological polar surface area (TPSA) is 66.7 Å². The van der Waals surface area contributed by atoms with Crippen LogP contribution in [0.2, 0.25) is 0 Å². The molecule has 1 aliphatic rings. The lowest BCUT2D eigenvalue weighted by atomic mass is 10.1. The first kappa shape index (κ1) is 18.0. The molecule has 2 aromatic carbocycles. The molecule has 1 amide bonds. The van der Waals surface area contributed by atoms with Gasteiger partial charge in [0.2, 0.25) is 5.91 Å². The Bertz CT molecular complexity index is 804. The van der Waals surface area contributed by atoms with Gasteiger partial charge in [-0.05, 0) is 6.07 Å². The van der Waals surface area contributed by atoms with Gasteiger partial charge >= 0.3 is 0 Å². The number of hydrogen-bond donors (Lipinski definition) is 0. The second-order valence-electron chi connectivity index (χ2n) is 6.31. The van der Waals surface area contributed by atoms with E-state index in [2.05, 4.69) is 4.90 Å². The van der Waals surface area contributed by atoms with E-state index in [0.29, 0.717) is 43.9 Å². The van der Waals surface area contributed by atoms with Gasteiger partial charge in [0, 0.05) is 49.9 Å². The van der Waals surface area contributed by atoms with Crippen molar-refractivity contribution in [3.05, 3.63) is 75.6 Å². The quantitative estimate of drug-likeness (QED) is 0.609. The molecule has 136 valence electrons. The highest BCUT2D eigenvalue weighted by molar-refractivity contribution is 5.80. The molecular weight excluding hydrogens is 337 g/mol. The molecule has 26 heavy (non-hydrogen) atoms. The maximum absolute atomic E-state index is 13.7. The predicted octanol–water partition coefficient (Wildman–Crippen LogP) is 2.62. The van der Waals surface area contributed by atoms with E-state index in [-0.39, 0.29) is 23.8 Å². The average molecular weight is 357 g/mol. The van der Waals surface area contributed by atoms with Gasteiger partial charge in [-0.25, -0.2) is 4.39 Å². The van der Waals surface area contributed by atoms with Gasteiger partial charge in [-0.1, -0.05) is 36.4 Å². The Kier molecular flexibility index (Phi) is 5.58. The number of rotatable bonds is 5. The molecule has 1 heterocycles. The largest absolute Gasteiger partial charge is 0.340 e. The van der Waals surface area contributed by atoms with Gasteiger partial charge in [0.05, 0.1) is 11.3 Å². The van der Waals surface area contributed by atoms with E-state index in [1.165, 1.54) is 12.1 Å². The molecular formula is C19H20FN3O3. The number of para-hydroxylation sites is 1. The summed E-state index contributed by atoms with van der Waals surface area (Å²) in [5.41, 5.74) is 1.04. The lowest BCUT2D eigenvalue weighted by molar-refractivity contribution is -0.385. The Labute approximate surface area is 151 Å². The summed E-state index contributed by atoms with van der Waals surface area (Å²) in [6.45, 7) is 2.88. The van der Waals surface area contributed by atoms with Crippen LogP contribution in [0.1, 0.15) is 11.1 Å². The van der Waals surface area contributed by atoms with Gasteiger partial charge < -0.3 is 4.90 Å². The van der Waals surface area contributed by atoms with Crippen molar-refractivity contribution in [1.29, 1.82) is 0 Å². The summed E-state index contributed by atoms with van der Waals surface area (Å²) in [5.74, 6) is -0.341. The first-order chi connectivity index (χ1) is 12.5. The molecule has 0 atom stereocenters. The monoisotopic (exact) mass is 357 g/mol. The smallest absolute Gasteiger partial charge is 0.273 e. The summed E-state index contributed by atoms with van der Waals surface area (Å²) in [5, 5.41) is 11.1. The van der Waals surface area contributed by atoms with Gasteiger partial charge in [0.15, 0.2) is 0 Å². The molecule has 0 aromatic heterocycles. The highest BCUT2D eigenvalue weighted by atomic mass is 19.1. The number of hydrogen-bond acceptors (Lipinski definition) is 4. The van der Waals surface area contributed by atoms with Gasteiger partial charge in [-0.3, -0.25) is 19.8 Å². The van der Waals surface area contributed by atoms with E-state index < -0.39 is 4.92 Å². The third-order valence-corrected chi connectivity index (χ3v) is 4.61. The molecule has 1 saturated heterocycles. The zero-order valence-corrected chi connectivity index (χ0v) is 14.3. The number of amides is 1. The third kappa shape index (κ3) is 4.23. The summed E-state index contributed by atoms with van der Waals surface area (Å²) in [6.07, 6.45) is 0.0183. The summed E-state index contributed by atoms with van der Waals surface area (Å²) < 4.78 is 13.7. The van der Waals surface area contributed by atoms with Gasteiger partial charge in [-0.15, -0.1) is 0 Å². The number of nitrogens with zero attached hydrogens (tertiary/aromatic N) is 3. The van der Waals surface area contributed by atoms with E-state index in [9.17, 15) is 19.3 Å². The van der Waals surface area contributed by atoms with Gasteiger partial charge in [0.25, 0.3) is 5.69 Å². The molecule has 1 fully saturated rings. The predicted molar refractivity (Wildman–Crippen MR) is 95.1 cm³/mol. The Morgan fingerprint density at radius 2 is 1.62 bits per heavy atom. The van der Waals surface area contributed by atoms with Crippen LogP contribution < -0.4 is 0 Å². The minimum absolute atomic E-state index is 0.0183. The number of halogens is 1. The van der Waals surface area contributed by atoms with Crippen molar-refractivity contribution >= 4 is 11.6 Å². The number of benzene rings is 2. The molecule has 0 radical (unpaired) electrons. The van der Waals surface area contributed by atoms with Crippen molar-refractivity contribution in [3.63, 3.8) is 0 Å². The van der Waals surface area contributed by atoms with Crippen LogP contribution in [0.4, 0.5) is 10.1 Å². The summed E-state index contributed by atoms with van der Waals surface area (Å²) in [6, 6.07) is 13.0. The first-order valence-corrected chi connectivity index (χ1v) is 8.50. The maximum Gasteiger partial charge on any atom is 0.273 e. The van der Waals surface area contributed by atoms with Crippen LogP contribution in [0, 0.1) is 15.9 Å². The molecule has 0 aliphatic carbocycles. The van der Waals surface area contributed by atoms with Crippen LogP contribution in [0.5, 0.6) is 0 Å². The fraction of sp³-hybridized carbons (Fsp3) is 0.316. The molecule has 0 unspecified atom stereocenters. The lowest BCUT2D eigenvalue weighted by Crippen LogP contribution is -2.48. The van der Waals surface area contributed by atoms with Crippen molar-refractivity contribution in [2.45, 2.75) is 13.0 Å². The zero-order valence-electron chi connectivity index (χ0n) is 14.3. The molecule has 0 saturated carbocycles. The molecule has 0 spiro atoms. The Morgan fingerprint density at radius 3 is 2.27 bits per heavy atom. The Morgan fingerprint density at radius 1 is 1.00 bits per heavy atom. The zero-order chi connectivity index (χ0) is 18.5. The van der Waals surface area contributed by atoms with Gasteiger partial charge in [-0.2, -0.15) is 0 Å². The van der Waals surface area contributed by atoms with Crippen LogP contribution in [0.3, 0.4) is 0 Å². The third-order valence-electron chi connectivity index (χ3n) is 4.61. The highest BCUT2D eigenvalue weighted by Crippen LogP contribution is 2.19. The van der Waals surface area contributed by atoms with E-state index in [1.54, 1.807) is 35.2 Å². The van der Waals surface area contributed by atoms with Crippen LogP contribution in [0.25, 0.3) is 0 Å². The SMILES string of the molecule is O=C(Cc1ccccc1[N+](=O)[O-])N1CCN(Cc2ccccc2F)CC1. The molecule has 6 nitrogen and oxygen atoms in total. The minimum atomic E-state index is -0.463. The average Bonchev–Trinajstić information content (AvgIpc) is 2.64. The Hall–Kier alpha value is -2.80. The molecule has 1 aliphatic heterocycles. The number of nitro groups is 1. The van der Waals surface area contributed by atoms with Crippen molar-refractivity contribution in [2.75, 3.05) is 26.2 Å². The fourth-order valence-corrected chi connectivity index (χ4v) is 3.14. The number of carbonyl (C=O) groups excluding carboxylic acids is 1. The van der Waals surface area contributed by atoms with Crippen LogP contribution in [-0.4, -0.2) is 46.8 Å². The normalized spacial score (nSPS) is 15.0. The van der Waals surface area contributed by atoms with Gasteiger partial charge in [0.1, 0.15) is 5.82 Å². The van der Waals surface area contributed by atoms with Crippen LogP contribution in [-0.2, 0) is 17.8 Å². The van der Waals surface area contributed by atoms with Crippen LogP contribution in [0.15, 0.2) is 48.5 Å². The van der Waals surface area contributed by atoms with E-state index >= 15 is 0 Å². The lowest BCUT2D eigenvalue weighted by Gasteiger charge is -2.34. The Balaban J connectivity index is 1.56. The molecule has 0 N–H and O–H groups in total. The summed E-state index contributed by atoms with van der Waals surface area (Å²) >= 11 is 0. The molecule has 3 rings (SSSR count). The number of nitro benzene ring substituents is 1. The standard InChI is InChI=1S/C19H20FN3O3/c20-17-7-3-1-6-16(17)14-21-9-11-22(12-10-21)19(24)13-15-5-2-4-8-18(15)23(25)26/h1-8H,9-14H2. The number of piperazine rings is 1. The van der Waals surface area contributed by atoms with Crippen LogP contribution >= 0.6 is 0 Å². The van der Waals surface area contributed by atoms with E-state index in [1.807, 2.05) is 6.07 Å². The summed E-state index contributed by atoms with van der Waals surface area (Å²) in [7, 11) is 0. The van der Waals surface area contributed by atoms with E-state index in [0.717, 1.165) is 0 Å². The van der Waals surface area contributed by atoms with Crippen molar-refractivity contribution < 1.29 is 14.1 Å². The maximum atomic E-state index is 13.7. The van der Waals surface area contributed by atoms with Crippen molar-refractivity contribution in [3.8, 4) is 0 Å². The second-order valence-corrected chi connectivity index (χ2v) is 6.31. The second kappa shape index (κ2) is 8.05. The van der Waals surface area contributed by atoms with E-state index in [4.69, 9.17) is 0 Å². The number of carbonyl (C=O) groups is 1. The minimum Gasteiger partial charge on any atom is -0.340 e. The molecule has 7 heteroatoms. The summed E-state index contributed by atoms with van der Waals surface area (Å²) in [4.78, 5) is 26.9. The fourth-order valence-electron chi connectivity index (χ4n) is 3.14. The van der Waals surface area contributed by atoms with Crippen molar-refractivity contribution in [1.82, 2.24) is 9.80 Å². The first-order valence-electron chi connectivity index (χ1n) is 8.50. The molecule has 2 aromatic rings.